The first-order valence-corrected chi connectivity index (χ1v) is 6.84. The van der Waals surface area contributed by atoms with E-state index < -0.39 is 5.54 Å². The fraction of sp³-hybridized carbons (Fsp3) is 0.533. The molecule has 0 spiro atoms. The molecule has 0 bridgehead atoms. The molecule has 1 aromatic carbocycles. The maximum atomic E-state index is 12.0. The van der Waals surface area contributed by atoms with E-state index in [1.165, 1.54) is 5.56 Å². The minimum Gasteiger partial charge on any atom is -0.497 e. The number of rotatable bonds is 5. The predicted molar refractivity (Wildman–Crippen MR) is 75.1 cm³/mol. The second-order valence-corrected chi connectivity index (χ2v) is 5.22. The molecule has 0 aliphatic heterocycles. The number of ether oxygens (including phenoxy) is 1. The van der Waals surface area contributed by atoms with Gasteiger partial charge in [-0.05, 0) is 37.0 Å². The minimum atomic E-state index is -0.625. The molecule has 4 nitrogen and oxygen atoms in total. The monoisotopic (exact) mass is 262 g/mol. The predicted octanol–water partition coefficient (Wildman–Crippen LogP) is 1.63. The van der Waals surface area contributed by atoms with E-state index in [0.29, 0.717) is 6.54 Å². The zero-order valence-corrected chi connectivity index (χ0v) is 11.4. The highest BCUT2D eigenvalue weighted by atomic mass is 16.5. The highest BCUT2D eigenvalue weighted by molar-refractivity contribution is 5.86. The van der Waals surface area contributed by atoms with E-state index in [1.54, 1.807) is 7.11 Å². The average Bonchev–Trinajstić information content (AvgIpc) is 2.88. The van der Waals surface area contributed by atoms with Gasteiger partial charge >= 0.3 is 0 Å². The van der Waals surface area contributed by atoms with Gasteiger partial charge in [0.2, 0.25) is 5.91 Å². The van der Waals surface area contributed by atoms with Gasteiger partial charge in [0, 0.05) is 6.54 Å². The third kappa shape index (κ3) is 3.47. The topological polar surface area (TPSA) is 64.3 Å². The zero-order chi connectivity index (χ0) is 13.7. The van der Waals surface area contributed by atoms with Crippen LogP contribution in [0.4, 0.5) is 0 Å². The summed E-state index contributed by atoms with van der Waals surface area (Å²) >= 11 is 0. The Labute approximate surface area is 114 Å². The SMILES string of the molecule is COc1ccc(CCNC(=O)C2(N)CCCC2)cc1. The lowest BCUT2D eigenvalue weighted by Gasteiger charge is -2.22. The van der Waals surface area contributed by atoms with Gasteiger partial charge in [-0.1, -0.05) is 25.0 Å². The maximum absolute atomic E-state index is 12.0. The molecule has 0 saturated heterocycles. The number of nitrogens with two attached hydrogens (primary N) is 1. The van der Waals surface area contributed by atoms with Gasteiger partial charge in [-0.25, -0.2) is 0 Å². The van der Waals surface area contributed by atoms with Crippen molar-refractivity contribution < 1.29 is 9.53 Å². The number of carbonyl (C=O) groups is 1. The Balaban J connectivity index is 1.78. The van der Waals surface area contributed by atoms with Crippen molar-refractivity contribution in [1.29, 1.82) is 0 Å². The van der Waals surface area contributed by atoms with Gasteiger partial charge in [0.15, 0.2) is 0 Å². The molecule has 1 fully saturated rings. The second-order valence-electron chi connectivity index (χ2n) is 5.22. The summed E-state index contributed by atoms with van der Waals surface area (Å²) in [5.41, 5.74) is 6.65. The number of hydrogen-bond donors (Lipinski definition) is 2. The molecule has 3 N–H and O–H groups in total. The van der Waals surface area contributed by atoms with Crippen molar-refractivity contribution in [1.82, 2.24) is 5.32 Å². The van der Waals surface area contributed by atoms with Crippen molar-refractivity contribution in [2.75, 3.05) is 13.7 Å². The van der Waals surface area contributed by atoms with Crippen LogP contribution in [0.25, 0.3) is 0 Å². The minimum absolute atomic E-state index is 0.00138. The van der Waals surface area contributed by atoms with Crippen LogP contribution in [0, 0.1) is 0 Å². The smallest absolute Gasteiger partial charge is 0.240 e. The summed E-state index contributed by atoms with van der Waals surface area (Å²) in [5, 5.41) is 2.95. The number of nitrogens with one attached hydrogen (secondary N) is 1. The van der Waals surface area contributed by atoms with E-state index >= 15 is 0 Å². The van der Waals surface area contributed by atoms with Crippen LogP contribution in [0.2, 0.25) is 0 Å². The molecule has 1 aromatic rings. The molecular weight excluding hydrogens is 240 g/mol. The lowest BCUT2D eigenvalue weighted by Crippen LogP contribution is -2.52. The van der Waals surface area contributed by atoms with Gasteiger partial charge in [0.25, 0.3) is 0 Å². The Morgan fingerprint density at radius 1 is 1.32 bits per heavy atom. The Morgan fingerprint density at radius 3 is 2.53 bits per heavy atom. The fourth-order valence-corrected chi connectivity index (χ4v) is 2.52. The zero-order valence-electron chi connectivity index (χ0n) is 11.4. The molecule has 1 aliphatic rings. The number of carbonyl (C=O) groups excluding carboxylic acids is 1. The molecule has 0 unspecified atom stereocenters. The first-order chi connectivity index (χ1) is 9.14. The van der Waals surface area contributed by atoms with E-state index in [-0.39, 0.29) is 5.91 Å². The summed E-state index contributed by atoms with van der Waals surface area (Å²) in [7, 11) is 1.65. The Morgan fingerprint density at radius 2 is 1.95 bits per heavy atom. The molecule has 19 heavy (non-hydrogen) atoms. The first kappa shape index (κ1) is 13.9. The third-order valence-electron chi connectivity index (χ3n) is 3.81. The lowest BCUT2D eigenvalue weighted by atomic mass is 9.98. The summed E-state index contributed by atoms with van der Waals surface area (Å²) in [6, 6.07) is 7.88. The molecule has 2 rings (SSSR count). The van der Waals surface area contributed by atoms with Crippen LogP contribution in [0.5, 0.6) is 5.75 Å². The van der Waals surface area contributed by atoms with Gasteiger partial charge in [0.05, 0.1) is 12.6 Å². The molecule has 104 valence electrons. The summed E-state index contributed by atoms with van der Waals surface area (Å²) in [6.45, 7) is 0.629. The summed E-state index contributed by atoms with van der Waals surface area (Å²) in [5.74, 6) is 0.846. The van der Waals surface area contributed by atoms with Gasteiger partial charge < -0.3 is 15.8 Å². The van der Waals surface area contributed by atoms with Crippen LogP contribution in [0.15, 0.2) is 24.3 Å². The normalized spacial score (nSPS) is 17.2. The molecule has 4 heteroatoms. The molecule has 1 saturated carbocycles. The number of methoxy groups -OCH3 is 1. The highest BCUT2D eigenvalue weighted by Gasteiger charge is 2.36. The third-order valence-corrected chi connectivity index (χ3v) is 3.81. The van der Waals surface area contributed by atoms with Crippen LogP contribution >= 0.6 is 0 Å². The van der Waals surface area contributed by atoms with E-state index in [0.717, 1.165) is 37.9 Å². The maximum Gasteiger partial charge on any atom is 0.240 e. The molecule has 1 amide bonds. The molecule has 0 radical (unpaired) electrons. The van der Waals surface area contributed by atoms with E-state index in [2.05, 4.69) is 5.32 Å². The molecule has 0 aromatic heterocycles. The highest BCUT2D eigenvalue weighted by Crippen LogP contribution is 2.27. The quantitative estimate of drug-likeness (QED) is 0.847. The van der Waals surface area contributed by atoms with Crippen LogP contribution in [-0.2, 0) is 11.2 Å². The standard InChI is InChI=1S/C15H22N2O2/c1-19-13-6-4-12(5-7-13)8-11-17-14(18)15(16)9-2-3-10-15/h4-7H,2-3,8-11,16H2,1H3,(H,17,18). The van der Waals surface area contributed by atoms with Crippen LogP contribution in [-0.4, -0.2) is 25.1 Å². The van der Waals surface area contributed by atoms with Crippen molar-refractivity contribution in [3.05, 3.63) is 29.8 Å². The first-order valence-electron chi connectivity index (χ1n) is 6.84. The Bertz CT molecular complexity index is 422. The average molecular weight is 262 g/mol. The Hall–Kier alpha value is -1.55. The van der Waals surface area contributed by atoms with Crippen LogP contribution in [0.1, 0.15) is 31.2 Å². The number of benzene rings is 1. The second kappa shape index (κ2) is 6.06. The van der Waals surface area contributed by atoms with E-state index in [9.17, 15) is 4.79 Å². The lowest BCUT2D eigenvalue weighted by molar-refractivity contribution is -0.126. The van der Waals surface area contributed by atoms with Gasteiger partial charge in [-0.2, -0.15) is 0 Å². The number of amides is 1. The summed E-state index contributed by atoms with van der Waals surface area (Å²) in [6.07, 6.45) is 4.54. The molecule has 0 atom stereocenters. The van der Waals surface area contributed by atoms with Gasteiger partial charge in [-0.15, -0.1) is 0 Å². The van der Waals surface area contributed by atoms with Crippen molar-refractivity contribution in [2.24, 2.45) is 5.73 Å². The van der Waals surface area contributed by atoms with Gasteiger partial charge in [0.1, 0.15) is 5.75 Å². The van der Waals surface area contributed by atoms with E-state index in [4.69, 9.17) is 10.5 Å². The summed E-state index contributed by atoms with van der Waals surface area (Å²) in [4.78, 5) is 12.0. The largest absolute Gasteiger partial charge is 0.497 e. The Kier molecular flexibility index (Phi) is 4.43. The van der Waals surface area contributed by atoms with Crippen molar-refractivity contribution >= 4 is 5.91 Å². The van der Waals surface area contributed by atoms with Crippen molar-refractivity contribution in [2.45, 2.75) is 37.6 Å². The summed E-state index contributed by atoms with van der Waals surface area (Å²) < 4.78 is 5.11. The van der Waals surface area contributed by atoms with Crippen LogP contribution < -0.4 is 15.8 Å². The van der Waals surface area contributed by atoms with Crippen LogP contribution in [0.3, 0.4) is 0 Å². The number of hydrogen-bond acceptors (Lipinski definition) is 3. The van der Waals surface area contributed by atoms with Crippen molar-refractivity contribution in [3.8, 4) is 5.75 Å². The molecule has 1 aliphatic carbocycles. The fourth-order valence-electron chi connectivity index (χ4n) is 2.52. The van der Waals surface area contributed by atoms with E-state index in [1.807, 2.05) is 24.3 Å². The molecular formula is C15H22N2O2. The molecule has 0 heterocycles. The van der Waals surface area contributed by atoms with Gasteiger partial charge in [-0.3, -0.25) is 4.79 Å². The van der Waals surface area contributed by atoms with Crippen molar-refractivity contribution in [3.63, 3.8) is 0 Å².